The van der Waals surface area contributed by atoms with Crippen molar-refractivity contribution >= 4 is 17.2 Å². The lowest BCUT2D eigenvalue weighted by atomic mass is 10.2. The fourth-order valence-electron chi connectivity index (χ4n) is 2.15. The Bertz CT molecular complexity index is 391. The number of carbonyl (C=O) groups excluding carboxylic acids is 1. The van der Waals surface area contributed by atoms with Crippen molar-refractivity contribution in [1.29, 1.82) is 0 Å². The van der Waals surface area contributed by atoms with E-state index in [4.69, 9.17) is 4.74 Å². The van der Waals surface area contributed by atoms with Crippen molar-refractivity contribution in [3.8, 4) is 0 Å². The fourth-order valence-corrected chi connectivity index (χ4v) is 2.77. The molecule has 1 aliphatic rings. The van der Waals surface area contributed by atoms with E-state index in [-0.39, 0.29) is 5.91 Å². The smallest absolute Gasteiger partial charge is 0.254 e. The van der Waals surface area contributed by atoms with Crippen LogP contribution in [0.5, 0.6) is 0 Å². The summed E-state index contributed by atoms with van der Waals surface area (Å²) in [5, 5.41) is 13.8. The molecule has 5 nitrogen and oxygen atoms in total. The van der Waals surface area contributed by atoms with E-state index in [2.05, 4.69) is 4.90 Å². The minimum absolute atomic E-state index is 0.0396. The van der Waals surface area contributed by atoms with E-state index < -0.39 is 6.10 Å². The first-order chi connectivity index (χ1) is 9.16. The van der Waals surface area contributed by atoms with Crippen molar-refractivity contribution in [2.45, 2.75) is 6.10 Å². The Balaban J connectivity index is 1.77. The molecule has 1 saturated heterocycles. The van der Waals surface area contributed by atoms with Gasteiger partial charge in [0.1, 0.15) is 0 Å². The van der Waals surface area contributed by atoms with Gasteiger partial charge < -0.3 is 14.7 Å². The predicted octanol–water partition coefficient (Wildman–Crippen LogP) is 0.513. The van der Waals surface area contributed by atoms with Gasteiger partial charge in [0.2, 0.25) is 0 Å². The average Bonchev–Trinajstić information content (AvgIpc) is 2.92. The number of aliphatic hydroxyl groups is 1. The predicted molar refractivity (Wildman–Crippen MR) is 74.5 cm³/mol. The minimum Gasteiger partial charge on any atom is -0.390 e. The van der Waals surface area contributed by atoms with Gasteiger partial charge in [-0.3, -0.25) is 9.69 Å². The molecule has 6 heteroatoms. The Hall–Kier alpha value is -0.950. The third-order valence-electron chi connectivity index (χ3n) is 3.17. The Morgan fingerprint density at radius 3 is 2.95 bits per heavy atom. The number of nitrogens with zero attached hydrogens (tertiary/aromatic N) is 2. The van der Waals surface area contributed by atoms with Crippen LogP contribution in [0.2, 0.25) is 0 Å². The zero-order valence-corrected chi connectivity index (χ0v) is 11.9. The number of likely N-dealkylation sites (N-methyl/N-ethyl adjacent to an activating group) is 1. The molecule has 2 rings (SSSR count). The number of ether oxygens (including phenoxy) is 1. The quantitative estimate of drug-likeness (QED) is 0.856. The highest BCUT2D eigenvalue weighted by Gasteiger charge is 2.19. The van der Waals surface area contributed by atoms with Crippen molar-refractivity contribution in [3.63, 3.8) is 0 Å². The van der Waals surface area contributed by atoms with Gasteiger partial charge >= 0.3 is 0 Å². The van der Waals surface area contributed by atoms with Gasteiger partial charge in [-0.2, -0.15) is 11.3 Å². The molecule has 1 aromatic rings. The van der Waals surface area contributed by atoms with Crippen LogP contribution in [0.25, 0.3) is 0 Å². The molecule has 1 amide bonds. The Morgan fingerprint density at radius 1 is 1.58 bits per heavy atom. The molecule has 0 aromatic carbocycles. The number of aliphatic hydroxyl groups excluding tert-OH is 1. The van der Waals surface area contributed by atoms with E-state index >= 15 is 0 Å². The summed E-state index contributed by atoms with van der Waals surface area (Å²) in [5.41, 5.74) is 0.686. The number of amides is 1. The average molecular weight is 284 g/mol. The SMILES string of the molecule is CN(CC(O)CN1CCOCC1)C(=O)c1ccsc1. The van der Waals surface area contributed by atoms with Gasteiger partial charge in [0.05, 0.1) is 24.9 Å². The van der Waals surface area contributed by atoms with Crippen molar-refractivity contribution in [3.05, 3.63) is 22.4 Å². The molecule has 1 aliphatic heterocycles. The van der Waals surface area contributed by atoms with Crippen molar-refractivity contribution in [2.24, 2.45) is 0 Å². The lowest BCUT2D eigenvalue weighted by Gasteiger charge is -2.30. The second-order valence-electron chi connectivity index (χ2n) is 4.76. The summed E-state index contributed by atoms with van der Waals surface area (Å²) in [7, 11) is 1.72. The lowest BCUT2D eigenvalue weighted by Crippen LogP contribution is -2.45. The van der Waals surface area contributed by atoms with Gasteiger partial charge in [0.25, 0.3) is 5.91 Å². The lowest BCUT2D eigenvalue weighted by molar-refractivity contribution is 0.00879. The first-order valence-corrected chi connectivity index (χ1v) is 7.37. The maximum atomic E-state index is 12.0. The van der Waals surface area contributed by atoms with E-state index in [1.807, 2.05) is 10.8 Å². The second-order valence-corrected chi connectivity index (χ2v) is 5.54. The minimum atomic E-state index is -0.523. The Morgan fingerprint density at radius 2 is 2.32 bits per heavy atom. The number of rotatable bonds is 5. The van der Waals surface area contributed by atoms with Crippen LogP contribution in [-0.4, -0.2) is 73.4 Å². The van der Waals surface area contributed by atoms with E-state index in [0.29, 0.717) is 18.7 Å². The summed E-state index contributed by atoms with van der Waals surface area (Å²) in [4.78, 5) is 15.8. The van der Waals surface area contributed by atoms with Crippen molar-refractivity contribution in [1.82, 2.24) is 9.80 Å². The molecule has 1 atom stereocenters. The normalized spacial score (nSPS) is 18.2. The maximum absolute atomic E-state index is 12.0. The molecule has 1 unspecified atom stereocenters. The molecule has 0 saturated carbocycles. The zero-order valence-electron chi connectivity index (χ0n) is 11.1. The summed E-state index contributed by atoms with van der Waals surface area (Å²) in [6, 6.07) is 1.80. The summed E-state index contributed by atoms with van der Waals surface area (Å²) < 4.78 is 5.26. The van der Waals surface area contributed by atoms with Crippen molar-refractivity contribution in [2.75, 3.05) is 46.4 Å². The number of morpholine rings is 1. The first kappa shape index (κ1) is 14.5. The van der Waals surface area contributed by atoms with Crippen LogP contribution < -0.4 is 0 Å². The first-order valence-electron chi connectivity index (χ1n) is 6.42. The molecule has 1 aromatic heterocycles. The zero-order chi connectivity index (χ0) is 13.7. The molecule has 2 heterocycles. The third kappa shape index (κ3) is 4.28. The van der Waals surface area contributed by atoms with Gasteiger partial charge in [-0.05, 0) is 11.4 Å². The third-order valence-corrected chi connectivity index (χ3v) is 3.86. The summed E-state index contributed by atoms with van der Waals surface area (Å²) in [6.07, 6.45) is -0.523. The van der Waals surface area contributed by atoms with Gasteiger partial charge in [0.15, 0.2) is 0 Å². The molecule has 0 bridgehead atoms. The molecule has 19 heavy (non-hydrogen) atoms. The summed E-state index contributed by atoms with van der Waals surface area (Å²) >= 11 is 1.50. The van der Waals surface area contributed by atoms with Gasteiger partial charge in [-0.15, -0.1) is 0 Å². The van der Waals surface area contributed by atoms with Crippen molar-refractivity contribution < 1.29 is 14.6 Å². The van der Waals surface area contributed by atoms with E-state index in [9.17, 15) is 9.90 Å². The molecule has 0 radical (unpaired) electrons. The van der Waals surface area contributed by atoms with Crippen LogP contribution >= 0.6 is 11.3 Å². The highest BCUT2D eigenvalue weighted by molar-refractivity contribution is 7.08. The van der Waals surface area contributed by atoms with Crippen LogP contribution in [0.1, 0.15) is 10.4 Å². The number of hydrogen-bond acceptors (Lipinski definition) is 5. The second kappa shape index (κ2) is 7.00. The molecular weight excluding hydrogens is 264 g/mol. The standard InChI is InChI=1S/C13H20N2O3S/c1-14(13(17)11-2-7-19-10-11)8-12(16)9-15-3-5-18-6-4-15/h2,7,10,12,16H,3-6,8-9H2,1H3. The van der Waals surface area contributed by atoms with Crippen LogP contribution in [0.4, 0.5) is 0 Å². The van der Waals surface area contributed by atoms with Crippen LogP contribution in [0, 0.1) is 0 Å². The maximum Gasteiger partial charge on any atom is 0.254 e. The fraction of sp³-hybridized carbons (Fsp3) is 0.615. The molecule has 0 spiro atoms. The van der Waals surface area contributed by atoms with Gasteiger partial charge in [-0.1, -0.05) is 0 Å². The van der Waals surface area contributed by atoms with E-state index in [1.54, 1.807) is 18.0 Å². The van der Waals surface area contributed by atoms with Gasteiger partial charge in [-0.25, -0.2) is 0 Å². The van der Waals surface area contributed by atoms with Crippen LogP contribution in [-0.2, 0) is 4.74 Å². The Kier molecular flexibility index (Phi) is 5.33. The number of hydrogen-bond donors (Lipinski definition) is 1. The van der Waals surface area contributed by atoms with E-state index in [0.717, 1.165) is 26.3 Å². The summed E-state index contributed by atoms with van der Waals surface area (Å²) in [5.74, 6) is -0.0396. The molecule has 1 fully saturated rings. The monoisotopic (exact) mass is 284 g/mol. The van der Waals surface area contributed by atoms with Gasteiger partial charge in [0, 0.05) is 38.6 Å². The number of β-amino-alcohol motifs (C(OH)–C–C–N with tert-alkyl or cyclic N) is 1. The van der Waals surface area contributed by atoms with Crippen LogP contribution in [0.3, 0.4) is 0 Å². The molecule has 0 aliphatic carbocycles. The van der Waals surface area contributed by atoms with E-state index in [1.165, 1.54) is 11.3 Å². The Labute approximate surface area is 117 Å². The highest BCUT2D eigenvalue weighted by atomic mass is 32.1. The molecule has 106 valence electrons. The largest absolute Gasteiger partial charge is 0.390 e. The molecular formula is C13H20N2O3S. The van der Waals surface area contributed by atoms with Crippen LogP contribution in [0.15, 0.2) is 16.8 Å². The number of thiophene rings is 1. The topological polar surface area (TPSA) is 53.0 Å². The number of carbonyl (C=O) groups is 1. The summed E-state index contributed by atoms with van der Waals surface area (Å²) in [6.45, 7) is 4.07. The molecule has 1 N–H and O–H groups in total. The highest BCUT2D eigenvalue weighted by Crippen LogP contribution is 2.09.